The first kappa shape index (κ1) is 17.8. The smallest absolute Gasteiger partial charge is 0.244 e. The lowest BCUT2D eigenvalue weighted by molar-refractivity contribution is -0.119. The minimum Gasteiger partial charge on any atom is -0.486 e. The van der Waals surface area contributed by atoms with Gasteiger partial charge in [-0.15, -0.1) is 0 Å². The van der Waals surface area contributed by atoms with E-state index >= 15 is 0 Å². The summed E-state index contributed by atoms with van der Waals surface area (Å²) in [6.45, 7) is 2.90. The fourth-order valence-electron chi connectivity index (χ4n) is 3.34. The van der Waals surface area contributed by atoms with Crippen LogP contribution < -0.4 is 19.1 Å². The number of ether oxygens (including phenoxy) is 2. The zero-order chi connectivity index (χ0) is 19.0. The molecule has 1 N–H and O–H groups in total. The van der Waals surface area contributed by atoms with Crippen molar-refractivity contribution in [2.24, 2.45) is 0 Å². The highest BCUT2D eigenvalue weighted by atomic mass is 32.2. The van der Waals surface area contributed by atoms with Gasteiger partial charge in [-0.1, -0.05) is 18.2 Å². The molecule has 2 aromatic carbocycles. The van der Waals surface area contributed by atoms with Crippen LogP contribution in [0.25, 0.3) is 0 Å². The molecule has 2 heterocycles. The molecule has 0 saturated heterocycles. The summed E-state index contributed by atoms with van der Waals surface area (Å²) in [4.78, 5) is 14.5. The van der Waals surface area contributed by atoms with Gasteiger partial charge in [-0.25, -0.2) is 8.42 Å². The van der Waals surface area contributed by atoms with Gasteiger partial charge >= 0.3 is 0 Å². The number of fused-ring (bicyclic) bond motifs is 2. The van der Waals surface area contributed by atoms with Crippen molar-refractivity contribution < 1.29 is 22.7 Å². The standard InChI is InChI=1S/C19H20N2O5S/c1-13(19(22)21-9-8-14-4-2-3-5-16(14)21)20-27(23,24)15-6-7-17-18(12-15)26-11-10-25-17/h2-7,12-13,20H,8-11H2,1H3/t13-/m1/s1. The molecular formula is C19H20N2O5S. The highest BCUT2D eigenvalue weighted by molar-refractivity contribution is 7.89. The van der Waals surface area contributed by atoms with E-state index in [0.29, 0.717) is 31.3 Å². The maximum absolute atomic E-state index is 12.8. The Balaban J connectivity index is 1.52. The SMILES string of the molecule is C[C@@H](NS(=O)(=O)c1ccc2c(c1)OCCO2)C(=O)N1CCc2ccccc21. The summed E-state index contributed by atoms with van der Waals surface area (Å²) in [5.41, 5.74) is 1.93. The Hall–Kier alpha value is -2.58. The summed E-state index contributed by atoms with van der Waals surface area (Å²) in [6, 6.07) is 11.2. The zero-order valence-corrected chi connectivity index (χ0v) is 15.7. The number of hydrogen-bond acceptors (Lipinski definition) is 5. The first-order valence-corrected chi connectivity index (χ1v) is 10.3. The van der Waals surface area contributed by atoms with Gasteiger partial charge in [-0.2, -0.15) is 4.72 Å². The summed E-state index contributed by atoms with van der Waals surface area (Å²) in [7, 11) is -3.88. The van der Waals surface area contributed by atoms with Crippen molar-refractivity contribution in [2.45, 2.75) is 24.3 Å². The molecule has 1 amide bonds. The van der Waals surface area contributed by atoms with Crippen molar-refractivity contribution >= 4 is 21.6 Å². The van der Waals surface area contributed by atoms with Crippen molar-refractivity contribution in [3.63, 3.8) is 0 Å². The number of para-hydroxylation sites is 1. The zero-order valence-electron chi connectivity index (χ0n) is 14.8. The monoisotopic (exact) mass is 388 g/mol. The number of benzene rings is 2. The largest absolute Gasteiger partial charge is 0.486 e. The lowest BCUT2D eigenvalue weighted by Gasteiger charge is -2.23. The second kappa shape index (κ2) is 6.86. The number of carbonyl (C=O) groups is 1. The summed E-state index contributed by atoms with van der Waals surface area (Å²) >= 11 is 0. The van der Waals surface area contributed by atoms with Crippen molar-refractivity contribution in [2.75, 3.05) is 24.7 Å². The summed E-state index contributed by atoms with van der Waals surface area (Å²) in [5, 5.41) is 0. The fraction of sp³-hybridized carbons (Fsp3) is 0.316. The van der Waals surface area contributed by atoms with Crippen LogP contribution in [0.4, 0.5) is 5.69 Å². The quantitative estimate of drug-likeness (QED) is 0.862. The molecule has 2 aliphatic heterocycles. The number of carbonyl (C=O) groups excluding carboxylic acids is 1. The van der Waals surface area contributed by atoms with Crippen LogP contribution in [0, 0.1) is 0 Å². The molecule has 1 atom stereocenters. The third-order valence-corrected chi connectivity index (χ3v) is 6.22. The van der Waals surface area contributed by atoms with E-state index < -0.39 is 16.1 Å². The Morgan fingerprint density at radius 1 is 1.11 bits per heavy atom. The van der Waals surface area contributed by atoms with Gasteiger partial charge in [-0.05, 0) is 37.1 Å². The Morgan fingerprint density at radius 2 is 1.85 bits per heavy atom. The van der Waals surface area contributed by atoms with E-state index in [2.05, 4.69) is 4.72 Å². The summed E-state index contributed by atoms with van der Waals surface area (Å²) in [6.07, 6.45) is 0.767. The van der Waals surface area contributed by atoms with Crippen LogP contribution in [-0.4, -0.2) is 40.1 Å². The van der Waals surface area contributed by atoms with Gasteiger partial charge in [0, 0.05) is 18.3 Å². The molecule has 0 unspecified atom stereocenters. The number of hydrogen-bond donors (Lipinski definition) is 1. The van der Waals surface area contributed by atoms with Crippen LogP contribution in [0.15, 0.2) is 47.4 Å². The molecule has 8 heteroatoms. The molecule has 27 heavy (non-hydrogen) atoms. The molecular weight excluding hydrogens is 368 g/mol. The second-order valence-electron chi connectivity index (χ2n) is 6.52. The highest BCUT2D eigenvalue weighted by Gasteiger charge is 2.30. The Bertz CT molecular complexity index is 989. The third-order valence-electron chi connectivity index (χ3n) is 4.68. The molecule has 4 rings (SSSR count). The van der Waals surface area contributed by atoms with E-state index in [1.165, 1.54) is 12.1 Å². The molecule has 2 aromatic rings. The second-order valence-corrected chi connectivity index (χ2v) is 8.23. The van der Waals surface area contributed by atoms with Crippen molar-refractivity contribution in [1.82, 2.24) is 4.72 Å². The van der Waals surface area contributed by atoms with Crippen LogP contribution >= 0.6 is 0 Å². The van der Waals surface area contributed by atoms with E-state index in [1.54, 1.807) is 17.9 Å². The van der Waals surface area contributed by atoms with Crippen LogP contribution in [0.3, 0.4) is 0 Å². The van der Waals surface area contributed by atoms with Crippen molar-refractivity contribution in [3.8, 4) is 11.5 Å². The van der Waals surface area contributed by atoms with Gasteiger partial charge in [0.1, 0.15) is 13.2 Å². The predicted molar refractivity (Wildman–Crippen MR) is 99.7 cm³/mol. The first-order chi connectivity index (χ1) is 13.0. The number of nitrogens with zero attached hydrogens (tertiary/aromatic N) is 1. The molecule has 0 radical (unpaired) electrons. The molecule has 0 saturated carbocycles. The Labute approximate surface area is 157 Å². The average molecular weight is 388 g/mol. The number of sulfonamides is 1. The van der Waals surface area contributed by atoms with Crippen molar-refractivity contribution in [1.29, 1.82) is 0 Å². The Morgan fingerprint density at radius 3 is 2.67 bits per heavy atom. The van der Waals surface area contributed by atoms with E-state index in [0.717, 1.165) is 17.7 Å². The molecule has 0 bridgehead atoms. The maximum Gasteiger partial charge on any atom is 0.244 e. The van der Waals surface area contributed by atoms with E-state index in [-0.39, 0.29) is 10.8 Å². The lowest BCUT2D eigenvalue weighted by atomic mass is 10.2. The number of rotatable bonds is 4. The van der Waals surface area contributed by atoms with Gasteiger partial charge in [0.2, 0.25) is 15.9 Å². The topological polar surface area (TPSA) is 84.9 Å². The number of nitrogens with one attached hydrogen (secondary N) is 1. The Kier molecular flexibility index (Phi) is 4.53. The molecule has 2 aliphatic rings. The first-order valence-electron chi connectivity index (χ1n) is 8.77. The molecule has 0 fully saturated rings. The fourth-order valence-corrected chi connectivity index (χ4v) is 4.55. The van der Waals surface area contributed by atoms with Gasteiger partial charge in [0.25, 0.3) is 0 Å². The van der Waals surface area contributed by atoms with Gasteiger partial charge in [0.05, 0.1) is 10.9 Å². The summed E-state index contributed by atoms with van der Waals surface area (Å²) < 4.78 is 38.8. The molecule has 0 aliphatic carbocycles. The molecule has 7 nitrogen and oxygen atoms in total. The third kappa shape index (κ3) is 3.38. The van der Waals surface area contributed by atoms with Crippen LogP contribution in [0.2, 0.25) is 0 Å². The average Bonchev–Trinajstić information content (AvgIpc) is 3.10. The van der Waals surface area contributed by atoms with Gasteiger partial charge in [-0.3, -0.25) is 4.79 Å². The molecule has 0 spiro atoms. The molecule has 0 aromatic heterocycles. The van der Waals surface area contributed by atoms with Crippen molar-refractivity contribution in [3.05, 3.63) is 48.0 Å². The maximum atomic E-state index is 12.8. The van der Waals surface area contributed by atoms with Crippen LogP contribution in [-0.2, 0) is 21.2 Å². The molecule has 142 valence electrons. The highest BCUT2D eigenvalue weighted by Crippen LogP contribution is 2.32. The van der Waals surface area contributed by atoms with Crippen LogP contribution in [0.1, 0.15) is 12.5 Å². The van der Waals surface area contributed by atoms with E-state index in [9.17, 15) is 13.2 Å². The predicted octanol–water partition coefficient (Wildman–Crippen LogP) is 1.71. The lowest BCUT2D eigenvalue weighted by Crippen LogP contribution is -2.46. The summed E-state index contributed by atoms with van der Waals surface area (Å²) in [5.74, 6) is 0.621. The minimum absolute atomic E-state index is 0.0354. The number of amides is 1. The van der Waals surface area contributed by atoms with E-state index in [1.807, 2.05) is 24.3 Å². The van der Waals surface area contributed by atoms with Gasteiger partial charge in [0.15, 0.2) is 11.5 Å². The van der Waals surface area contributed by atoms with Crippen LogP contribution in [0.5, 0.6) is 11.5 Å². The minimum atomic E-state index is -3.88. The van der Waals surface area contributed by atoms with Gasteiger partial charge < -0.3 is 14.4 Å². The normalized spacial score (nSPS) is 16.7. The van der Waals surface area contributed by atoms with E-state index in [4.69, 9.17) is 9.47 Å². The number of anilines is 1.